The molecule has 1 atom stereocenters. The first-order valence-electron chi connectivity index (χ1n) is 6.51. The summed E-state index contributed by atoms with van der Waals surface area (Å²) < 4.78 is 0. The third-order valence-electron chi connectivity index (χ3n) is 3.29. The van der Waals surface area contributed by atoms with Crippen LogP contribution in [0.1, 0.15) is 36.5 Å². The highest BCUT2D eigenvalue weighted by atomic mass is 16.1. The van der Waals surface area contributed by atoms with Crippen molar-refractivity contribution in [2.75, 3.05) is 5.32 Å². The predicted molar refractivity (Wildman–Crippen MR) is 79.4 cm³/mol. The summed E-state index contributed by atoms with van der Waals surface area (Å²) in [5, 5.41) is 2.93. The van der Waals surface area contributed by atoms with Crippen LogP contribution in [0.5, 0.6) is 0 Å². The summed E-state index contributed by atoms with van der Waals surface area (Å²) in [7, 11) is 0. The standard InChI is InChI=1S/C17H19NO/c1-12-9-10-16(17(11-12)18-14(3)19)13(2)15-7-5-4-6-8-15/h4-11,13H,1-3H3,(H,18,19). The van der Waals surface area contributed by atoms with Crippen LogP contribution in [-0.4, -0.2) is 5.91 Å². The number of nitrogens with one attached hydrogen (secondary N) is 1. The zero-order chi connectivity index (χ0) is 13.8. The Morgan fingerprint density at radius 2 is 1.79 bits per heavy atom. The van der Waals surface area contributed by atoms with Gasteiger partial charge in [0.25, 0.3) is 0 Å². The van der Waals surface area contributed by atoms with E-state index in [2.05, 4.69) is 36.5 Å². The van der Waals surface area contributed by atoms with E-state index in [1.807, 2.05) is 31.2 Å². The molecule has 0 heterocycles. The third-order valence-corrected chi connectivity index (χ3v) is 3.29. The first kappa shape index (κ1) is 13.3. The van der Waals surface area contributed by atoms with E-state index in [0.29, 0.717) is 0 Å². The first-order chi connectivity index (χ1) is 9.08. The quantitative estimate of drug-likeness (QED) is 0.876. The van der Waals surface area contributed by atoms with Gasteiger partial charge in [-0.25, -0.2) is 0 Å². The van der Waals surface area contributed by atoms with Crippen LogP contribution in [0.2, 0.25) is 0 Å². The van der Waals surface area contributed by atoms with Crippen LogP contribution in [0.3, 0.4) is 0 Å². The van der Waals surface area contributed by atoms with Gasteiger partial charge in [-0.15, -0.1) is 0 Å². The summed E-state index contributed by atoms with van der Waals surface area (Å²) in [6.45, 7) is 5.73. The van der Waals surface area contributed by atoms with E-state index in [1.54, 1.807) is 6.92 Å². The van der Waals surface area contributed by atoms with Gasteiger partial charge in [-0.2, -0.15) is 0 Å². The monoisotopic (exact) mass is 253 g/mol. The Balaban J connectivity index is 2.41. The van der Waals surface area contributed by atoms with E-state index in [4.69, 9.17) is 0 Å². The molecule has 2 rings (SSSR count). The maximum Gasteiger partial charge on any atom is 0.221 e. The number of hydrogen-bond donors (Lipinski definition) is 1. The van der Waals surface area contributed by atoms with Gasteiger partial charge >= 0.3 is 0 Å². The molecule has 0 radical (unpaired) electrons. The van der Waals surface area contributed by atoms with E-state index in [0.717, 1.165) is 16.8 Å². The Labute approximate surface area is 114 Å². The van der Waals surface area contributed by atoms with Gasteiger partial charge in [0.2, 0.25) is 5.91 Å². The second-order valence-corrected chi connectivity index (χ2v) is 4.90. The Kier molecular flexibility index (Phi) is 4.00. The topological polar surface area (TPSA) is 29.1 Å². The number of rotatable bonds is 3. The second-order valence-electron chi connectivity index (χ2n) is 4.90. The van der Waals surface area contributed by atoms with E-state index < -0.39 is 0 Å². The van der Waals surface area contributed by atoms with E-state index in [-0.39, 0.29) is 11.8 Å². The molecule has 1 unspecified atom stereocenters. The number of aryl methyl sites for hydroxylation is 1. The summed E-state index contributed by atoms with van der Waals surface area (Å²) in [6.07, 6.45) is 0. The van der Waals surface area contributed by atoms with E-state index in [9.17, 15) is 4.79 Å². The lowest BCUT2D eigenvalue weighted by Crippen LogP contribution is -2.10. The van der Waals surface area contributed by atoms with Crippen molar-refractivity contribution >= 4 is 11.6 Å². The lowest BCUT2D eigenvalue weighted by Gasteiger charge is -2.17. The minimum atomic E-state index is -0.0351. The number of amides is 1. The van der Waals surface area contributed by atoms with Gasteiger partial charge in [0, 0.05) is 18.5 Å². The molecule has 2 aromatic rings. The SMILES string of the molecule is CC(=O)Nc1cc(C)ccc1C(C)c1ccccc1. The largest absolute Gasteiger partial charge is 0.326 e. The number of benzene rings is 2. The number of carbonyl (C=O) groups excluding carboxylic acids is 1. The summed E-state index contributed by atoms with van der Waals surface area (Å²) >= 11 is 0. The molecule has 2 heteroatoms. The fraction of sp³-hybridized carbons (Fsp3) is 0.235. The van der Waals surface area contributed by atoms with Crippen LogP contribution in [0.25, 0.3) is 0 Å². The molecule has 2 aromatic carbocycles. The highest BCUT2D eigenvalue weighted by molar-refractivity contribution is 5.89. The maximum absolute atomic E-state index is 11.3. The molecule has 0 fully saturated rings. The molecule has 0 aliphatic rings. The Morgan fingerprint density at radius 3 is 2.42 bits per heavy atom. The van der Waals surface area contributed by atoms with Crippen LogP contribution < -0.4 is 5.32 Å². The molecule has 98 valence electrons. The fourth-order valence-electron chi connectivity index (χ4n) is 2.27. The molecular formula is C17H19NO. The van der Waals surface area contributed by atoms with Crippen molar-refractivity contribution in [3.05, 3.63) is 65.2 Å². The number of anilines is 1. The summed E-state index contributed by atoms with van der Waals surface area (Å²) in [4.78, 5) is 11.3. The van der Waals surface area contributed by atoms with Crippen molar-refractivity contribution in [3.63, 3.8) is 0 Å². The number of carbonyl (C=O) groups is 1. The molecule has 2 nitrogen and oxygen atoms in total. The van der Waals surface area contributed by atoms with Gasteiger partial charge in [0.05, 0.1) is 0 Å². The molecular weight excluding hydrogens is 234 g/mol. The van der Waals surface area contributed by atoms with Crippen molar-refractivity contribution < 1.29 is 4.79 Å². The van der Waals surface area contributed by atoms with Crippen LogP contribution >= 0.6 is 0 Å². The highest BCUT2D eigenvalue weighted by Gasteiger charge is 2.13. The summed E-state index contributed by atoms with van der Waals surface area (Å²) in [6, 6.07) is 16.5. The van der Waals surface area contributed by atoms with Gasteiger partial charge in [0.15, 0.2) is 0 Å². The van der Waals surface area contributed by atoms with E-state index in [1.165, 1.54) is 5.56 Å². The lowest BCUT2D eigenvalue weighted by molar-refractivity contribution is -0.114. The Hall–Kier alpha value is -2.09. The normalized spacial score (nSPS) is 11.9. The molecule has 19 heavy (non-hydrogen) atoms. The lowest BCUT2D eigenvalue weighted by atomic mass is 9.91. The fourth-order valence-corrected chi connectivity index (χ4v) is 2.27. The van der Waals surface area contributed by atoms with Crippen molar-refractivity contribution in [3.8, 4) is 0 Å². The summed E-state index contributed by atoms with van der Waals surface area (Å²) in [5.41, 5.74) is 4.45. The molecule has 0 aliphatic carbocycles. The van der Waals surface area contributed by atoms with Crippen LogP contribution in [0.15, 0.2) is 48.5 Å². The van der Waals surface area contributed by atoms with Gasteiger partial charge < -0.3 is 5.32 Å². The Morgan fingerprint density at radius 1 is 1.11 bits per heavy atom. The molecule has 0 saturated carbocycles. The molecule has 0 bridgehead atoms. The average molecular weight is 253 g/mol. The van der Waals surface area contributed by atoms with Gasteiger partial charge in [-0.05, 0) is 29.7 Å². The smallest absolute Gasteiger partial charge is 0.221 e. The zero-order valence-electron chi connectivity index (χ0n) is 11.6. The Bertz CT molecular complexity index is 575. The number of hydrogen-bond acceptors (Lipinski definition) is 1. The van der Waals surface area contributed by atoms with Gasteiger partial charge in [0.1, 0.15) is 0 Å². The van der Waals surface area contributed by atoms with Gasteiger partial charge in [-0.3, -0.25) is 4.79 Å². The first-order valence-corrected chi connectivity index (χ1v) is 6.51. The molecule has 0 spiro atoms. The predicted octanol–water partition coefficient (Wildman–Crippen LogP) is 4.11. The molecule has 0 aromatic heterocycles. The van der Waals surface area contributed by atoms with Crippen LogP contribution in [0, 0.1) is 6.92 Å². The van der Waals surface area contributed by atoms with Crippen molar-refractivity contribution in [1.29, 1.82) is 0 Å². The minimum Gasteiger partial charge on any atom is -0.326 e. The molecule has 1 N–H and O–H groups in total. The zero-order valence-corrected chi connectivity index (χ0v) is 11.6. The van der Waals surface area contributed by atoms with Crippen molar-refractivity contribution in [2.24, 2.45) is 0 Å². The van der Waals surface area contributed by atoms with Gasteiger partial charge in [-0.1, -0.05) is 49.4 Å². The second kappa shape index (κ2) is 5.70. The van der Waals surface area contributed by atoms with Crippen molar-refractivity contribution in [2.45, 2.75) is 26.7 Å². The molecule has 1 amide bonds. The average Bonchev–Trinajstić information content (AvgIpc) is 2.38. The third kappa shape index (κ3) is 3.22. The van der Waals surface area contributed by atoms with Crippen molar-refractivity contribution in [1.82, 2.24) is 0 Å². The summed E-state index contributed by atoms with van der Waals surface area (Å²) in [5.74, 6) is 0.218. The minimum absolute atomic E-state index is 0.0351. The highest BCUT2D eigenvalue weighted by Crippen LogP contribution is 2.30. The molecule has 0 saturated heterocycles. The van der Waals surface area contributed by atoms with Crippen LogP contribution in [0.4, 0.5) is 5.69 Å². The molecule has 0 aliphatic heterocycles. The maximum atomic E-state index is 11.3. The van der Waals surface area contributed by atoms with Crippen LogP contribution in [-0.2, 0) is 4.79 Å². The van der Waals surface area contributed by atoms with E-state index >= 15 is 0 Å².